The van der Waals surface area contributed by atoms with Crippen molar-refractivity contribution in [2.24, 2.45) is 0 Å². The van der Waals surface area contributed by atoms with Gasteiger partial charge in [-0.2, -0.15) is 8.78 Å². The van der Waals surface area contributed by atoms with Crippen molar-refractivity contribution in [2.45, 2.75) is 5.92 Å². The van der Waals surface area contributed by atoms with Crippen molar-refractivity contribution in [1.82, 2.24) is 0 Å². The lowest BCUT2D eigenvalue weighted by Gasteiger charge is -2.14. The maximum absolute atomic E-state index is 12.9. The third kappa shape index (κ3) is 4.47. The van der Waals surface area contributed by atoms with E-state index in [-0.39, 0.29) is 5.56 Å². The molecule has 0 aliphatic heterocycles. The van der Waals surface area contributed by atoms with Crippen molar-refractivity contribution >= 4 is 102 Å². The van der Waals surface area contributed by atoms with Gasteiger partial charge < -0.3 is 9.84 Å². The Morgan fingerprint density at radius 3 is 2.00 bits per heavy atom. The molecule has 4 nitrogen and oxygen atoms in total. The van der Waals surface area contributed by atoms with Crippen molar-refractivity contribution in [3.05, 3.63) is 25.9 Å². The molecular formula is C10H4F2I4O4. The first kappa shape index (κ1) is 19.0. The molecule has 0 aliphatic rings. The average Bonchev–Trinajstić information content (AvgIpc) is 2.34. The highest BCUT2D eigenvalue weighted by molar-refractivity contribution is 14.1. The van der Waals surface area contributed by atoms with Crippen molar-refractivity contribution in [3.63, 3.8) is 0 Å². The van der Waals surface area contributed by atoms with Gasteiger partial charge in [-0.1, -0.05) is 0 Å². The number of ether oxygens (including phenoxy) is 1. The molecule has 0 heterocycles. The molecule has 0 bridgehead atoms. The van der Waals surface area contributed by atoms with E-state index in [2.05, 4.69) is 4.74 Å². The standard InChI is InChI=1S/C10H4F2I4O4/c11-10(12,9(18)19)2-20-8(17)5-6(15)3(13)1-4(14)7(5)16/h1H,2H2,(H,18,19). The Labute approximate surface area is 167 Å². The number of alkyl halides is 2. The minimum Gasteiger partial charge on any atom is -0.477 e. The van der Waals surface area contributed by atoms with Crippen molar-refractivity contribution in [2.75, 3.05) is 6.61 Å². The second-order valence-corrected chi connectivity index (χ2v) is 7.91. The minimum absolute atomic E-state index is 0.170. The van der Waals surface area contributed by atoms with Gasteiger partial charge in [-0.3, -0.25) is 0 Å². The van der Waals surface area contributed by atoms with Crippen molar-refractivity contribution in [3.8, 4) is 0 Å². The summed E-state index contributed by atoms with van der Waals surface area (Å²) < 4.78 is 33.0. The molecule has 0 atom stereocenters. The van der Waals surface area contributed by atoms with Gasteiger partial charge in [-0.25, -0.2) is 9.59 Å². The molecule has 0 aliphatic carbocycles. The van der Waals surface area contributed by atoms with Gasteiger partial charge in [0.15, 0.2) is 6.61 Å². The largest absolute Gasteiger partial charge is 0.477 e. The zero-order valence-electron chi connectivity index (χ0n) is 9.22. The lowest BCUT2D eigenvalue weighted by molar-refractivity contribution is -0.170. The summed E-state index contributed by atoms with van der Waals surface area (Å²) in [5.74, 6) is -7.38. The number of halogens is 6. The van der Waals surface area contributed by atoms with Crippen LogP contribution >= 0.6 is 90.4 Å². The number of carbonyl (C=O) groups excluding carboxylic acids is 1. The van der Waals surface area contributed by atoms with Gasteiger partial charge in [-0.05, 0) is 96.4 Å². The number of hydrogen-bond acceptors (Lipinski definition) is 3. The maximum atomic E-state index is 12.9. The average molecular weight is 734 g/mol. The second-order valence-electron chi connectivity index (χ2n) is 3.43. The highest BCUT2D eigenvalue weighted by Crippen LogP contribution is 2.29. The number of carboxylic acids is 1. The van der Waals surface area contributed by atoms with E-state index < -0.39 is 24.5 Å². The molecule has 0 aromatic heterocycles. The van der Waals surface area contributed by atoms with Crippen molar-refractivity contribution in [1.29, 1.82) is 0 Å². The third-order valence-corrected chi connectivity index (χ3v) is 8.02. The highest BCUT2D eigenvalue weighted by Gasteiger charge is 2.41. The van der Waals surface area contributed by atoms with E-state index in [1.54, 1.807) is 0 Å². The van der Waals surface area contributed by atoms with E-state index >= 15 is 0 Å². The number of rotatable bonds is 4. The predicted octanol–water partition coefficient (Wildman–Crippen LogP) is 3.98. The van der Waals surface area contributed by atoms with Crippen LogP contribution in [0.3, 0.4) is 0 Å². The Hall–Kier alpha value is 0.940. The number of aliphatic carboxylic acids is 1. The SMILES string of the molecule is O=C(OCC(F)(F)C(=O)O)c1c(I)c(I)cc(I)c1I. The fraction of sp³-hybridized carbons (Fsp3) is 0.200. The fourth-order valence-electron chi connectivity index (χ4n) is 1.04. The van der Waals surface area contributed by atoms with E-state index in [1.807, 2.05) is 96.4 Å². The first-order valence-corrected chi connectivity index (χ1v) is 9.00. The Bertz CT molecular complexity index is 551. The molecule has 10 heteroatoms. The number of benzene rings is 1. The van der Waals surface area contributed by atoms with Gasteiger partial charge in [0, 0.05) is 14.3 Å². The molecule has 0 spiro atoms. The first-order chi connectivity index (χ1) is 9.08. The molecule has 1 aromatic rings. The van der Waals surface area contributed by atoms with Crippen LogP contribution in [0.25, 0.3) is 0 Å². The summed E-state index contributed by atoms with van der Waals surface area (Å²) in [4.78, 5) is 22.2. The summed E-state index contributed by atoms with van der Waals surface area (Å²) in [6, 6.07) is 1.84. The normalized spacial score (nSPS) is 11.3. The van der Waals surface area contributed by atoms with Gasteiger partial charge in [0.25, 0.3) is 0 Å². The number of carboxylic acid groups (broad SMARTS) is 1. The first-order valence-electron chi connectivity index (χ1n) is 4.69. The Morgan fingerprint density at radius 2 is 1.60 bits per heavy atom. The van der Waals surface area contributed by atoms with Crippen LogP contribution in [0.1, 0.15) is 10.4 Å². The summed E-state index contributed by atoms with van der Waals surface area (Å²) in [5.41, 5.74) is 0.170. The Morgan fingerprint density at radius 1 is 1.15 bits per heavy atom. The molecule has 0 saturated heterocycles. The minimum atomic E-state index is -4.10. The molecule has 1 N–H and O–H groups in total. The smallest absolute Gasteiger partial charge is 0.378 e. The second kappa shape index (κ2) is 7.47. The summed E-state index contributed by atoms with van der Waals surface area (Å²) in [6.07, 6.45) is 0. The zero-order valence-corrected chi connectivity index (χ0v) is 17.9. The van der Waals surface area contributed by atoms with E-state index in [4.69, 9.17) is 5.11 Å². The Kier molecular flexibility index (Phi) is 7.09. The topological polar surface area (TPSA) is 63.6 Å². The van der Waals surface area contributed by atoms with E-state index in [0.29, 0.717) is 7.14 Å². The fourth-order valence-corrected chi connectivity index (χ4v) is 4.61. The van der Waals surface area contributed by atoms with Gasteiger partial charge >= 0.3 is 17.9 Å². The number of carbonyl (C=O) groups is 2. The Balaban J connectivity index is 3.03. The molecule has 0 amide bonds. The van der Waals surface area contributed by atoms with Gasteiger partial charge in [0.05, 0.1) is 5.56 Å². The molecule has 0 fully saturated rings. The van der Waals surface area contributed by atoms with E-state index in [0.717, 1.165) is 7.14 Å². The molecule has 20 heavy (non-hydrogen) atoms. The lowest BCUT2D eigenvalue weighted by atomic mass is 10.2. The lowest BCUT2D eigenvalue weighted by Crippen LogP contribution is -2.35. The van der Waals surface area contributed by atoms with Crippen LogP contribution in [0, 0.1) is 14.3 Å². The third-order valence-electron chi connectivity index (χ3n) is 2.01. The predicted molar refractivity (Wildman–Crippen MR) is 100 cm³/mol. The van der Waals surface area contributed by atoms with Gasteiger partial charge in [-0.15, -0.1) is 0 Å². The summed E-state index contributed by atoms with van der Waals surface area (Å²) in [6.45, 7) is -1.49. The van der Waals surface area contributed by atoms with Crippen LogP contribution in [0.5, 0.6) is 0 Å². The highest BCUT2D eigenvalue weighted by atomic mass is 127. The summed E-state index contributed by atoms with van der Waals surface area (Å²) >= 11 is 7.86. The monoisotopic (exact) mass is 734 g/mol. The van der Waals surface area contributed by atoms with Crippen LogP contribution in [-0.2, 0) is 9.53 Å². The zero-order chi connectivity index (χ0) is 15.7. The van der Waals surface area contributed by atoms with Crippen molar-refractivity contribution < 1.29 is 28.2 Å². The maximum Gasteiger partial charge on any atom is 0.378 e. The van der Waals surface area contributed by atoms with Crippen LogP contribution in [0.2, 0.25) is 0 Å². The molecule has 0 saturated carbocycles. The molecule has 0 radical (unpaired) electrons. The number of hydrogen-bond donors (Lipinski definition) is 1. The molecule has 1 aromatic carbocycles. The van der Waals surface area contributed by atoms with Crippen LogP contribution in [-0.4, -0.2) is 29.6 Å². The van der Waals surface area contributed by atoms with Gasteiger partial charge in [0.1, 0.15) is 0 Å². The molecule has 110 valence electrons. The van der Waals surface area contributed by atoms with E-state index in [1.165, 1.54) is 0 Å². The van der Waals surface area contributed by atoms with Crippen LogP contribution in [0.4, 0.5) is 8.78 Å². The summed E-state index contributed by atoms with van der Waals surface area (Å²) in [7, 11) is 0. The van der Waals surface area contributed by atoms with Gasteiger partial charge in [0.2, 0.25) is 0 Å². The molecule has 1 rings (SSSR count). The number of esters is 1. The van der Waals surface area contributed by atoms with Crippen LogP contribution in [0.15, 0.2) is 6.07 Å². The van der Waals surface area contributed by atoms with E-state index in [9.17, 15) is 18.4 Å². The molecule has 0 unspecified atom stereocenters. The quantitative estimate of drug-likeness (QED) is 0.289. The summed E-state index contributed by atoms with van der Waals surface area (Å²) in [5, 5.41) is 8.28. The molecular weight excluding hydrogens is 730 g/mol. The van der Waals surface area contributed by atoms with Crippen LogP contribution < -0.4 is 0 Å².